The lowest BCUT2D eigenvalue weighted by Gasteiger charge is -2.15. The minimum atomic E-state index is 0.889. The Morgan fingerprint density at radius 1 is 1.50 bits per heavy atom. The van der Waals surface area contributed by atoms with Gasteiger partial charge in [0.25, 0.3) is 0 Å². The van der Waals surface area contributed by atoms with Crippen LogP contribution in [0.5, 0.6) is 0 Å². The molecule has 1 fully saturated rings. The summed E-state index contributed by atoms with van der Waals surface area (Å²) in [4.78, 5) is 0. The van der Waals surface area contributed by atoms with Crippen LogP contribution in [0.1, 0.15) is 39.0 Å². The van der Waals surface area contributed by atoms with Crippen molar-refractivity contribution in [3.05, 3.63) is 12.7 Å². The molecule has 0 aromatic carbocycles. The van der Waals surface area contributed by atoms with Gasteiger partial charge in [-0.2, -0.15) is 0 Å². The lowest BCUT2D eigenvalue weighted by Crippen LogP contribution is -2.05. The summed E-state index contributed by atoms with van der Waals surface area (Å²) in [5.74, 6) is 1.90. The lowest BCUT2D eigenvalue weighted by atomic mass is 9.90. The maximum atomic E-state index is 3.77. The standard InChI is InChI=1S/C10H18/c1-3-6-9(2)10-7-4-5-8-10/h3,9-10H,1,4-8H2,2H3. The Morgan fingerprint density at radius 3 is 2.60 bits per heavy atom. The fraction of sp³-hybridized carbons (Fsp3) is 0.800. The molecule has 0 heteroatoms. The van der Waals surface area contributed by atoms with Gasteiger partial charge in [-0.05, 0) is 18.3 Å². The topological polar surface area (TPSA) is 0 Å². The molecule has 1 unspecified atom stereocenters. The van der Waals surface area contributed by atoms with Crippen molar-refractivity contribution < 1.29 is 0 Å². The first-order chi connectivity index (χ1) is 4.84. The van der Waals surface area contributed by atoms with E-state index in [1.807, 2.05) is 0 Å². The van der Waals surface area contributed by atoms with E-state index in [-0.39, 0.29) is 0 Å². The molecule has 0 aliphatic heterocycles. The zero-order valence-electron chi connectivity index (χ0n) is 6.97. The van der Waals surface area contributed by atoms with Gasteiger partial charge in [0.05, 0.1) is 0 Å². The number of allylic oxidation sites excluding steroid dienone is 1. The van der Waals surface area contributed by atoms with Crippen molar-refractivity contribution in [3.63, 3.8) is 0 Å². The first-order valence-electron chi connectivity index (χ1n) is 4.45. The molecule has 1 atom stereocenters. The summed E-state index contributed by atoms with van der Waals surface area (Å²) < 4.78 is 0. The summed E-state index contributed by atoms with van der Waals surface area (Å²) >= 11 is 0. The van der Waals surface area contributed by atoms with Gasteiger partial charge < -0.3 is 0 Å². The molecule has 0 nitrogen and oxygen atoms in total. The minimum absolute atomic E-state index is 0.889. The van der Waals surface area contributed by atoms with Crippen LogP contribution in [0.15, 0.2) is 12.7 Å². The third-order valence-electron chi connectivity index (χ3n) is 2.74. The lowest BCUT2D eigenvalue weighted by molar-refractivity contribution is 0.370. The Labute approximate surface area is 64.3 Å². The smallest absolute Gasteiger partial charge is 0.0325 e. The maximum Gasteiger partial charge on any atom is -0.0325 e. The Morgan fingerprint density at radius 2 is 2.10 bits per heavy atom. The normalized spacial score (nSPS) is 22.9. The van der Waals surface area contributed by atoms with E-state index in [9.17, 15) is 0 Å². The van der Waals surface area contributed by atoms with E-state index in [1.54, 1.807) is 0 Å². The Hall–Kier alpha value is -0.260. The van der Waals surface area contributed by atoms with Crippen molar-refractivity contribution in [3.8, 4) is 0 Å². The van der Waals surface area contributed by atoms with Crippen LogP contribution >= 0.6 is 0 Å². The maximum absolute atomic E-state index is 3.77. The number of hydrogen-bond donors (Lipinski definition) is 0. The van der Waals surface area contributed by atoms with Crippen molar-refractivity contribution in [1.29, 1.82) is 0 Å². The summed E-state index contributed by atoms with van der Waals surface area (Å²) in [7, 11) is 0. The monoisotopic (exact) mass is 138 g/mol. The second kappa shape index (κ2) is 3.80. The van der Waals surface area contributed by atoms with Crippen molar-refractivity contribution in [1.82, 2.24) is 0 Å². The van der Waals surface area contributed by atoms with E-state index in [4.69, 9.17) is 0 Å². The van der Waals surface area contributed by atoms with Crippen LogP contribution in [0.25, 0.3) is 0 Å². The molecule has 0 N–H and O–H groups in total. The van der Waals surface area contributed by atoms with Gasteiger partial charge >= 0.3 is 0 Å². The molecule has 0 spiro atoms. The predicted molar refractivity (Wildman–Crippen MR) is 45.9 cm³/mol. The Bertz CT molecular complexity index is 98.6. The van der Waals surface area contributed by atoms with Gasteiger partial charge in [0, 0.05) is 0 Å². The molecule has 1 aliphatic carbocycles. The molecule has 1 saturated carbocycles. The third kappa shape index (κ3) is 1.86. The van der Waals surface area contributed by atoms with Crippen LogP contribution in [0.3, 0.4) is 0 Å². The molecule has 0 aromatic rings. The van der Waals surface area contributed by atoms with Crippen molar-refractivity contribution >= 4 is 0 Å². The van der Waals surface area contributed by atoms with Gasteiger partial charge in [0.15, 0.2) is 0 Å². The second-order valence-corrected chi connectivity index (χ2v) is 3.55. The molecule has 0 aromatic heterocycles. The van der Waals surface area contributed by atoms with Gasteiger partial charge in [0.2, 0.25) is 0 Å². The highest BCUT2D eigenvalue weighted by molar-refractivity contribution is 4.78. The largest absolute Gasteiger partial charge is 0.103 e. The molecule has 0 heterocycles. The van der Waals surface area contributed by atoms with Gasteiger partial charge in [-0.25, -0.2) is 0 Å². The van der Waals surface area contributed by atoms with E-state index in [1.165, 1.54) is 32.1 Å². The molecule has 0 radical (unpaired) electrons. The molecular formula is C10H18. The fourth-order valence-electron chi connectivity index (χ4n) is 1.98. The number of hydrogen-bond acceptors (Lipinski definition) is 0. The highest BCUT2D eigenvalue weighted by Gasteiger charge is 2.19. The van der Waals surface area contributed by atoms with Crippen molar-refractivity contribution in [2.24, 2.45) is 11.8 Å². The Kier molecular flexibility index (Phi) is 2.98. The first kappa shape index (κ1) is 7.84. The van der Waals surface area contributed by atoms with Crippen LogP contribution in [-0.2, 0) is 0 Å². The molecule has 1 rings (SSSR count). The molecule has 0 bridgehead atoms. The Balaban J connectivity index is 2.24. The van der Waals surface area contributed by atoms with Crippen molar-refractivity contribution in [2.45, 2.75) is 39.0 Å². The van der Waals surface area contributed by atoms with E-state index < -0.39 is 0 Å². The molecule has 58 valence electrons. The molecule has 0 amide bonds. The van der Waals surface area contributed by atoms with Crippen LogP contribution in [0, 0.1) is 11.8 Å². The second-order valence-electron chi connectivity index (χ2n) is 3.55. The van der Waals surface area contributed by atoms with E-state index >= 15 is 0 Å². The quantitative estimate of drug-likeness (QED) is 0.524. The molecule has 1 aliphatic rings. The molecule has 10 heavy (non-hydrogen) atoms. The van der Waals surface area contributed by atoms with Gasteiger partial charge in [-0.3, -0.25) is 0 Å². The average Bonchev–Trinajstić information content (AvgIpc) is 2.38. The van der Waals surface area contributed by atoms with Gasteiger partial charge in [-0.1, -0.05) is 38.7 Å². The SMILES string of the molecule is C=CCC(C)C1CCCC1. The van der Waals surface area contributed by atoms with E-state index in [0.29, 0.717) is 0 Å². The van der Waals surface area contributed by atoms with Gasteiger partial charge in [-0.15, -0.1) is 6.58 Å². The van der Waals surface area contributed by atoms with Gasteiger partial charge in [0.1, 0.15) is 0 Å². The summed E-state index contributed by atoms with van der Waals surface area (Å²) in [5.41, 5.74) is 0. The highest BCUT2D eigenvalue weighted by Crippen LogP contribution is 2.32. The molecule has 0 saturated heterocycles. The van der Waals surface area contributed by atoms with E-state index in [0.717, 1.165) is 11.8 Å². The summed E-state index contributed by atoms with van der Waals surface area (Å²) in [5, 5.41) is 0. The zero-order valence-corrected chi connectivity index (χ0v) is 6.97. The average molecular weight is 138 g/mol. The molecular weight excluding hydrogens is 120 g/mol. The number of rotatable bonds is 3. The van der Waals surface area contributed by atoms with E-state index in [2.05, 4.69) is 19.6 Å². The summed E-state index contributed by atoms with van der Waals surface area (Å²) in [6, 6.07) is 0. The summed E-state index contributed by atoms with van der Waals surface area (Å²) in [6.07, 6.45) is 9.13. The first-order valence-corrected chi connectivity index (χ1v) is 4.45. The van der Waals surface area contributed by atoms with Crippen molar-refractivity contribution in [2.75, 3.05) is 0 Å². The van der Waals surface area contributed by atoms with Crippen LogP contribution in [-0.4, -0.2) is 0 Å². The fourth-order valence-corrected chi connectivity index (χ4v) is 1.98. The minimum Gasteiger partial charge on any atom is -0.103 e. The highest BCUT2D eigenvalue weighted by atomic mass is 14.2. The summed E-state index contributed by atoms with van der Waals surface area (Å²) in [6.45, 7) is 6.13. The van der Waals surface area contributed by atoms with Crippen LogP contribution < -0.4 is 0 Å². The predicted octanol–water partition coefficient (Wildman–Crippen LogP) is 3.39. The van der Waals surface area contributed by atoms with Crippen LogP contribution in [0.4, 0.5) is 0 Å². The third-order valence-corrected chi connectivity index (χ3v) is 2.74. The van der Waals surface area contributed by atoms with Crippen LogP contribution in [0.2, 0.25) is 0 Å². The zero-order chi connectivity index (χ0) is 7.40.